The van der Waals surface area contributed by atoms with E-state index in [4.69, 9.17) is 14.2 Å². The van der Waals surface area contributed by atoms with Crippen molar-refractivity contribution in [3.8, 4) is 0 Å². The van der Waals surface area contributed by atoms with Crippen LogP contribution in [-0.2, 0) is 24.2 Å². The Morgan fingerprint density at radius 1 is 0.879 bits per heavy atom. The third kappa shape index (κ3) is 5.97. The lowest BCUT2D eigenvalue weighted by Gasteiger charge is -2.38. The molecule has 0 amide bonds. The van der Waals surface area contributed by atoms with Crippen LogP contribution in [0.4, 0.5) is 0 Å². The van der Waals surface area contributed by atoms with Crippen LogP contribution in [0.5, 0.6) is 0 Å². The van der Waals surface area contributed by atoms with Crippen LogP contribution in [0.2, 0.25) is 0 Å². The van der Waals surface area contributed by atoms with Gasteiger partial charge in [-0.25, -0.2) is 0 Å². The first-order valence-corrected chi connectivity index (χ1v) is 12.2. The average molecular weight is 484 g/mol. The quantitative estimate of drug-likeness (QED) is 0.212. The van der Waals surface area contributed by atoms with E-state index in [1.165, 1.54) is 0 Å². The highest BCUT2D eigenvalue weighted by Gasteiger charge is 2.41. The number of hydrogen-bond acceptors (Lipinski definition) is 5. The Balaban J connectivity index is 2.02. The standard InChI is InChI=1S/C26H27O5PS/c1-25(2,24(27)23(33)18-31-32(28)29)19-30-26(20-12-6-3-7-13-20,21-14-8-4-9-15-21)22-16-10-5-11-17-22/h3-17,23H,18-19H2,1-2H3,(H-,28,29,33)/p+1. The Bertz CT molecular complexity index is 961. The van der Waals surface area contributed by atoms with Gasteiger partial charge in [0.15, 0.2) is 5.78 Å². The number of ketones is 1. The second-order valence-corrected chi connectivity index (χ2v) is 9.72. The first-order chi connectivity index (χ1) is 15.8. The topological polar surface area (TPSA) is 72.8 Å². The molecule has 0 heterocycles. The zero-order valence-electron chi connectivity index (χ0n) is 18.6. The summed E-state index contributed by atoms with van der Waals surface area (Å²) < 4.78 is 22.3. The number of benzene rings is 3. The summed E-state index contributed by atoms with van der Waals surface area (Å²) in [6, 6.07) is 29.7. The highest BCUT2D eigenvalue weighted by Crippen LogP contribution is 2.42. The number of carbonyl (C=O) groups is 1. The van der Waals surface area contributed by atoms with Gasteiger partial charge in [0.05, 0.1) is 11.9 Å². The van der Waals surface area contributed by atoms with Crippen molar-refractivity contribution in [2.45, 2.75) is 24.7 Å². The minimum atomic E-state index is -2.79. The molecule has 33 heavy (non-hydrogen) atoms. The molecule has 5 nitrogen and oxygen atoms in total. The van der Waals surface area contributed by atoms with Crippen LogP contribution in [-0.4, -0.2) is 29.1 Å². The van der Waals surface area contributed by atoms with Gasteiger partial charge in [-0.15, -0.1) is 9.42 Å². The molecule has 0 aromatic heterocycles. The average Bonchev–Trinajstić information content (AvgIpc) is 2.84. The van der Waals surface area contributed by atoms with Crippen LogP contribution >= 0.6 is 20.9 Å². The van der Waals surface area contributed by atoms with Gasteiger partial charge in [0.1, 0.15) is 12.2 Å². The van der Waals surface area contributed by atoms with Crippen molar-refractivity contribution in [2.75, 3.05) is 13.2 Å². The molecule has 7 heteroatoms. The van der Waals surface area contributed by atoms with E-state index >= 15 is 0 Å². The lowest BCUT2D eigenvalue weighted by Crippen LogP contribution is -2.42. The second kappa shape index (κ2) is 11.2. The maximum absolute atomic E-state index is 13.1. The number of Topliss-reactive ketones (excluding diaryl/α,β-unsaturated/α-hetero) is 1. The first kappa shape index (κ1) is 25.3. The molecular weight excluding hydrogens is 455 g/mol. The predicted molar refractivity (Wildman–Crippen MR) is 132 cm³/mol. The number of thiol groups is 1. The third-order valence-corrected chi connectivity index (χ3v) is 6.26. The van der Waals surface area contributed by atoms with Crippen LogP contribution in [0.25, 0.3) is 0 Å². The number of ether oxygens (including phenoxy) is 1. The van der Waals surface area contributed by atoms with E-state index in [-0.39, 0.29) is 19.0 Å². The monoisotopic (exact) mass is 483 g/mol. The van der Waals surface area contributed by atoms with E-state index in [1.807, 2.05) is 91.0 Å². The molecule has 0 saturated carbocycles. The Morgan fingerprint density at radius 3 is 1.64 bits per heavy atom. The predicted octanol–water partition coefficient (Wildman–Crippen LogP) is 5.56. The van der Waals surface area contributed by atoms with Crippen molar-refractivity contribution in [3.63, 3.8) is 0 Å². The van der Waals surface area contributed by atoms with Crippen molar-refractivity contribution in [2.24, 2.45) is 5.41 Å². The summed E-state index contributed by atoms with van der Waals surface area (Å²) in [6.45, 7) is 3.40. The van der Waals surface area contributed by atoms with Crippen LogP contribution < -0.4 is 0 Å². The van der Waals surface area contributed by atoms with Gasteiger partial charge in [0.25, 0.3) is 0 Å². The SMILES string of the molecule is CC(C)(COC(c1ccccc1)(c1ccccc1)c1ccccc1)C(=O)C(S)CO[P+](=O)O. The molecule has 172 valence electrons. The normalized spacial score (nSPS) is 13.4. The summed E-state index contributed by atoms with van der Waals surface area (Å²) in [5.41, 5.74) is 0.940. The number of hydrogen-bond donors (Lipinski definition) is 2. The van der Waals surface area contributed by atoms with E-state index in [2.05, 4.69) is 12.6 Å². The van der Waals surface area contributed by atoms with Gasteiger partial charge >= 0.3 is 8.25 Å². The summed E-state index contributed by atoms with van der Waals surface area (Å²) in [4.78, 5) is 22.0. The van der Waals surface area contributed by atoms with E-state index in [9.17, 15) is 9.36 Å². The van der Waals surface area contributed by atoms with Crippen LogP contribution in [0.3, 0.4) is 0 Å². The van der Waals surface area contributed by atoms with Gasteiger partial charge in [-0.3, -0.25) is 4.79 Å². The molecule has 0 aliphatic heterocycles. The van der Waals surface area contributed by atoms with Gasteiger partial charge in [0.2, 0.25) is 0 Å². The van der Waals surface area contributed by atoms with Gasteiger partial charge < -0.3 is 4.74 Å². The molecule has 3 rings (SSSR count). The van der Waals surface area contributed by atoms with Crippen molar-refractivity contribution in [1.29, 1.82) is 0 Å². The number of rotatable bonds is 11. The molecule has 1 N–H and O–H groups in total. The smallest absolute Gasteiger partial charge is 0.360 e. The van der Waals surface area contributed by atoms with E-state index < -0.39 is 24.5 Å². The highest BCUT2D eigenvalue weighted by atomic mass is 32.1. The molecule has 0 saturated heterocycles. The molecule has 3 aromatic carbocycles. The maximum Gasteiger partial charge on any atom is 0.694 e. The van der Waals surface area contributed by atoms with Crippen LogP contribution in [0.15, 0.2) is 91.0 Å². The van der Waals surface area contributed by atoms with E-state index in [0.29, 0.717) is 0 Å². The van der Waals surface area contributed by atoms with Gasteiger partial charge in [0, 0.05) is 9.98 Å². The van der Waals surface area contributed by atoms with E-state index in [1.54, 1.807) is 13.8 Å². The Hall–Kier alpha value is -2.34. The van der Waals surface area contributed by atoms with E-state index in [0.717, 1.165) is 16.7 Å². The molecule has 0 radical (unpaired) electrons. The fourth-order valence-electron chi connectivity index (χ4n) is 3.79. The molecule has 0 aliphatic rings. The van der Waals surface area contributed by atoms with Crippen molar-refractivity contribution >= 4 is 26.7 Å². The van der Waals surface area contributed by atoms with Crippen molar-refractivity contribution in [1.82, 2.24) is 0 Å². The zero-order valence-corrected chi connectivity index (χ0v) is 20.4. The molecule has 0 bridgehead atoms. The highest BCUT2D eigenvalue weighted by molar-refractivity contribution is 7.81. The third-order valence-electron chi connectivity index (χ3n) is 5.50. The molecule has 2 atom stereocenters. The zero-order chi connectivity index (χ0) is 23.9. The lowest BCUT2D eigenvalue weighted by atomic mass is 9.79. The number of carbonyl (C=O) groups excluding carboxylic acids is 1. The van der Waals surface area contributed by atoms with Crippen LogP contribution in [0, 0.1) is 5.41 Å². The molecule has 3 aromatic rings. The first-order valence-electron chi connectivity index (χ1n) is 10.6. The Kier molecular flexibility index (Phi) is 8.57. The van der Waals surface area contributed by atoms with Crippen molar-refractivity contribution in [3.05, 3.63) is 108 Å². The summed E-state index contributed by atoms with van der Waals surface area (Å²) in [5.74, 6) is -0.231. The molecule has 2 unspecified atom stereocenters. The van der Waals surface area contributed by atoms with Crippen molar-refractivity contribution < 1.29 is 23.5 Å². The second-order valence-electron chi connectivity index (χ2n) is 8.37. The fourth-order valence-corrected chi connectivity index (χ4v) is 4.61. The summed E-state index contributed by atoms with van der Waals surface area (Å²) >= 11 is 4.30. The molecule has 0 fully saturated rings. The Labute approximate surface area is 201 Å². The molecule has 0 spiro atoms. The molecular formula is C26H28O5PS+. The Morgan fingerprint density at radius 2 is 1.27 bits per heavy atom. The summed E-state index contributed by atoms with van der Waals surface area (Å²) in [5, 5.41) is -0.853. The van der Waals surface area contributed by atoms with Gasteiger partial charge in [-0.05, 0) is 16.7 Å². The summed E-state index contributed by atoms with van der Waals surface area (Å²) in [6.07, 6.45) is 0. The fraction of sp³-hybridized carbons (Fsp3) is 0.269. The maximum atomic E-state index is 13.1. The molecule has 0 aliphatic carbocycles. The minimum absolute atomic E-state index is 0.0901. The largest absolute Gasteiger partial charge is 0.694 e. The van der Waals surface area contributed by atoms with Gasteiger partial charge in [-0.1, -0.05) is 105 Å². The van der Waals surface area contributed by atoms with Gasteiger partial charge in [-0.2, -0.15) is 12.6 Å². The summed E-state index contributed by atoms with van der Waals surface area (Å²) in [7, 11) is -2.79. The lowest BCUT2D eigenvalue weighted by molar-refractivity contribution is -0.133. The minimum Gasteiger partial charge on any atom is -0.360 e. The van der Waals surface area contributed by atoms with Crippen LogP contribution in [0.1, 0.15) is 30.5 Å².